The molecule has 0 saturated heterocycles. The molecule has 0 saturated carbocycles. The number of rotatable bonds is 7. The van der Waals surface area contributed by atoms with Crippen LogP contribution >= 0.6 is 0 Å². The lowest BCUT2D eigenvalue weighted by molar-refractivity contribution is -0.147. The average Bonchev–Trinajstić information content (AvgIpc) is 2.04. The van der Waals surface area contributed by atoms with Crippen molar-refractivity contribution in [3.63, 3.8) is 0 Å². The van der Waals surface area contributed by atoms with Crippen LogP contribution in [0.1, 0.15) is 32.6 Å². The van der Waals surface area contributed by atoms with Crippen LogP contribution in [0.15, 0.2) is 0 Å². The number of carbonyl (C=O) groups is 1. The van der Waals surface area contributed by atoms with E-state index in [1.807, 2.05) is 6.92 Å². The summed E-state index contributed by atoms with van der Waals surface area (Å²) in [6.45, 7) is 2.17. The summed E-state index contributed by atoms with van der Waals surface area (Å²) in [4.78, 5) is 10.2. The van der Waals surface area contributed by atoms with Crippen molar-refractivity contribution in [3.05, 3.63) is 0 Å². The summed E-state index contributed by atoms with van der Waals surface area (Å²) in [7, 11) is 0. The summed E-state index contributed by atoms with van der Waals surface area (Å²) in [5, 5.41) is 25.9. The van der Waals surface area contributed by atoms with Gasteiger partial charge in [0.2, 0.25) is 0 Å². The third-order valence-electron chi connectivity index (χ3n) is 2.08. The lowest BCUT2D eigenvalue weighted by Gasteiger charge is -2.10. The van der Waals surface area contributed by atoms with Crippen LogP contribution in [0.2, 0.25) is 0 Å². The van der Waals surface area contributed by atoms with Gasteiger partial charge < -0.3 is 15.3 Å². The van der Waals surface area contributed by atoms with Crippen LogP contribution in [-0.4, -0.2) is 34.0 Å². The molecule has 0 aromatic heterocycles. The summed E-state index contributed by atoms with van der Waals surface area (Å²) in [6.07, 6.45) is 1.34. The fourth-order valence-corrected chi connectivity index (χ4v) is 1.15. The maximum absolute atomic E-state index is 10.2. The summed E-state index contributed by atoms with van der Waals surface area (Å²) < 4.78 is 0. The number of hydrogen-bond donors (Lipinski definition) is 3. The van der Waals surface area contributed by atoms with E-state index in [0.29, 0.717) is 18.8 Å². The Bertz CT molecular complexity index is 147. The third-order valence-corrected chi connectivity index (χ3v) is 2.08. The molecule has 0 heterocycles. The SMILES string of the molecule is CC(CCO)CCCC(O)C(=O)O. The van der Waals surface area contributed by atoms with E-state index in [1.54, 1.807) is 0 Å². The van der Waals surface area contributed by atoms with Crippen LogP contribution in [-0.2, 0) is 4.79 Å². The second-order valence-corrected chi connectivity index (χ2v) is 3.40. The van der Waals surface area contributed by atoms with Crippen molar-refractivity contribution in [2.24, 2.45) is 5.92 Å². The van der Waals surface area contributed by atoms with Gasteiger partial charge in [0.1, 0.15) is 0 Å². The highest BCUT2D eigenvalue weighted by molar-refractivity contribution is 5.71. The quantitative estimate of drug-likeness (QED) is 0.550. The normalized spacial score (nSPS) is 15.3. The van der Waals surface area contributed by atoms with Crippen molar-refractivity contribution in [2.45, 2.75) is 38.7 Å². The van der Waals surface area contributed by atoms with Crippen LogP contribution in [0.3, 0.4) is 0 Å². The minimum atomic E-state index is -1.23. The first kappa shape index (κ1) is 12.4. The second-order valence-electron chi connectivity index (χ2n) is 3.40. The maximum Gasteiger partial charge on any atom is 0.332 e. The highest BCUT2D eigenvalue weighted by Gasteiger charge is 2.12. The van der Waals surface area contributed by atoms with Gasteiger partial charge in [-0.15, -0.1) is 0 Å². The molecule has 4 nitrogen and oxygen atoms in total. The van der Waals surface area contributed by atoms with E-state index in [1.165, 1.54) is 0 Å². The van der Waals surface area contributed by atoms with Gasteiger partial charge in [-0.1, -0.05) is 13.3 Å². The first-order chi connectivity index (χ1) is 6.07. The van der Waals surface area contributed by atoms with E-state index >= 15 is 0 Å². The molecule has 0 aliphatic rings. The Labute approximate surface area is 78.2 Å². The molecule has 0 aliphatic heterocycles. The van der Waals surface area contributed by atoms with Gasteiger partial charge in [0, 0.05) is 6.61 Å². The van der Waals surface area contributed by atoms with E-state index in [4.69, 9.17) is 15.3 Å². The topological polar surface area (TPSA) is 77.8 Å². The van der Waals surface area contributed by atoms with E-state index in [-0.39, 0.29) is 6.61 Å². The van der Waals surface area contributed by atoms with Crippen molar-refractivity contribution < 1.29 is 20.1 Å². The molecule has 0 bridgehead atoms. The minimum absolute atomic E-state index is 0.169. The van der Waals surface area contributed by atoms with Crippen molar-refractivity contribution in [2.75, 3.05) is 6.61 Å². The van der Waals surface area contributed by atoms with Gasteiger partial charge >= 0.3 is 5.97 Å². The predicted octanol–water partition coefficient (Wildman–Crippen LogP) is 0.621. The molecule has 2 atom stereocenters. The maximum atomic E-state index is 10.2. The Hall–Kier alpha value is -0.610. The van der Waals surface area contributed by atoms with Gasteiger partial charge in [0.05, 0.1) is 0 Å². The summed E-state index contributed by atoms with van der Waals surface area (Å²) in [6, 6.07) is 0. The first-order valence-electron chi connectivity index (χ1n) is 4.59. The molecular formula is C9H18O4. The van der Waals surface area contributed by atoms with E-state index in [2.05, 4.69) is 0 Å². The predicted molar refractivity (Wildman–Crippen MR) is 48.4 cm³/mol. The Morgan fingerprint density at radius 1 is 1.31 bits per heavy atom. The number of aliphatic hydroxyl groups excluding tert-OH is 2. The summed E-state index contributed by atoms with van der Waals surface area (Å²) >= 11 is 0. The molecule has 0 radical (unpaired) electrons. The smallest absolute Gasteiger partial charge is 0.332 e. The first-order valence-corrected chi connectivity index (χ1v) is 4.59. The van der Waals surface area contributed by atoms with Gasteiger partial charge in [-0.05, 0) is 25.2 Å². The fraction of sp³-hybridized carbons (Fsp3) is 0.889. The van der Waals surface area contributed by atoms with Crippen LogP contribution in [0.25, 0.3) is 0 Å². The van der Waals surface area contributed by atoms with Crippen LogP contribution in [0.4, 0.5) is 0 Å². The molecule has 0 amide bonds. The van der Waals surface area contributed by atoms with Crippen LogP contribution in [0.5, 0.6) is 0 Å². The van der Waals surface area contributed by atoms with E-state index in [9.17, 15) is 4.79 Å². The average molecular weight is 190 g/mol. The van der Waals surface area contributed by atoms with Crippen molar-refractivity contribution in [1.29, 1.82) is 0 Å². The molecule has 3 N–H and O–H groups in total. The fourth-order valence-electron chi connectivity index (χ4n) is 1.15. The number of aliphatic hydroxyl groups is 2. The molecule has 4 heteroatoms. The minimum Gasteiger partial charge on any atom is -0.479 e. The van der Waals surface area contributed by atoms with E-state index in [0.717, 1.165) is 12.8 Å². The van der Waals surface area contributed by atoms with Gasteiger partial charge in [0.15, 0.2) is 6.10 Å². The highest BCUT2D eigenvalue weighted by atomic mass is 16.4. The number of carboxylic acid groups (broad SMARTS) is 1. The van der Waals surface area contributed by atoms with Crippen molar-refractivity contribution >= 4 is 5.97 Å². The number of hydrogen-bond acceptors (Lipinski definition) is 3. The standard InChI is InChI=1S/C9H18O4/c1-7(5-6-10)3-2-4-8(11)9(12)13/h7-8,10-11H,2-6H2,1H3,(H,12,13). The Morgan fingerprint density at radius 3 is 2.38 bits per heavy atom. The number of aliphatic carboxylic acids is 1. The zero-order chi connectivity index (χ0) is 10.3. The largest absolute Gasteiger partial charge is 0.479 e. The molecule has 0 aliphatic carbocycles. The monoisotopic (exact) mass is 190 g/mol. The molecule has 0 aromatic rings. The van der Waals surface area contributed by atoms with Crippen LogP contribution in [0, 0.1) is 5.92 Å². The molecule has 2 unspecified atom stereocenters. The van der Waals surface area contributed by atoms with Gasteiger partial charge in [-0.2, -0.15) is 0 Å². The van der Waals surface area contributed by atoms with Gasteiger partial charge in [0.25, 0.3) is 0 Å². The lowest BCUT2D eigenvalue weighted by atomic mass is 10.00. The zero-order valence-electron chi connectivity index (χ0n) is 7.94. The third kappa shape index (κ3) is 6.54. The Balaban J connectivity index is 3.39. The van der Waals surface area contributed by atoms with E-state index < -0.39 is 12.1 Å². The van der Waals surface area contributed by atoms with Gasteiger partial charge in [-0.25, -0.2) is 4.79 Å². The Kier molecular flexibility index (Phi) is 6.54. The molecule has 0 spiro atoms. The van der Waals surface area contributed by atoms with Crippen molar-refractivity contribution in [1.82, 2.24) is 0 Å². The number of carboxylic acids is 1. The summed E-state index contributed by atoms with van der Waals surface area (Å²) in [5.74, 6) is -0.763. The Morgan fingerprint density at radius 2 is 1.92 bits per heavy atom. The molecule has 78 valence electrons. The summed E-state index contributed by atoms with van der Waals surface area (Å²) in [5.41, 5.74) is 0. The molecule has 0 rings (SSSR count). The van der Waals surface area contributed by atoms with Gasteiger partial charge in [-0.3, -0.25) is 0 Å². The molecule has 0 fully saturated rings. The molecule has 0 aromatic carbocycles. The molecular weight excluding hydrogens is 172 g/mol. The van der Waals surface area contributed by atoms with Crippen molar-refractivity contribution in [3.8, 4) is 0 Å². The van der Waals surface area contributed by atoms with Crippen LogP contribution < -0.4 is 0 Å². The molecule has 13 heavy (non-hydrogen) atoms. The highest BCUT2D eigenvalue weighted by Crippen LogP contribution is 2.12. The lowest BCUT2D eigenvalue weighted by Crippen LogP contribution is -2.19. The zero-order valence-corrected chi connectivity index (χ0v) is 7.94. The second kappa shape index (κ2) is 6.86.